The molecule has 0 aliphatic carbocycles. The number of aromatic hydroxyl groups is 1. The number of carboxylic acid groups (broad SMARTS) is 3. The SMILES string of the molecule is CN(C)CCc1c[nH]c2ccccc12.COc1ccc2[nH]cc(CCNC(C)=O)c2c1.NC(=O)c1cccnc1.NCCc1c[nH]c2ccc(O)cc12.NCCc1c[nH]c2ccccc12.O=C(O)c1ccccn1.O=C(O)c1cccnc1C(=O)O. The number of carbonyl (C=O) groups excluding carboxylic acids is 2. The maximum absolute atomic E-state index is 10.8. The van der Waals surface area contributed by atoms with Gasteiger partial charge in [-0.25, -0.2) is 24.4 Å². The van der Waals surface area contributed by atoms with Crippen molar-refractivity contribution in [2.24, 2.45) is 17.2 Å². The van der Waals surface area contributed by atoms with Gasteiger partial charge in [-0.1, -0.05) is 42.5 Å². The molecule has 2 amide bonds. The molecule has 448 valence electrons. The lowest BCUT2D eigenvalue weighted by Crippen LogP contribution is -2.22. The number of likely N-dealkylation sites (N-methyl/N-ethyl adjacent to an activating group) is 1. The molecule has 86 heavy (non-hydrogen) atoms. The number of rotatable bonds is 15. The normalized spacial score (nSPS) is 10.2. The molecule has 0 aliphatic heterocycles. The first kappa shape index (κ1) is 66.1. The summed E-state index contributed by atoms with van der Waals surface area (Å²) in [4.78, 5) is 77.9. The summed E-state index contributed by atoms with van der Waals surface area (Å²) in [6.45, 7) is 4.62. The van der Waals surface area contributed by atoms with Crippen molar-refractivity contribution in [3.8, 4) is 11.5 Å². The monoisotopic (exact) mass is 1170 g/mol. The van der Waals surface area contributed by atoms with E-state index in [0.29, 0.717) is 30.9 Å². The first-order valence-corrected chi connectivity index (χ1v) is 27.0. The highest BCUT2D eigenvalue weighted by molar-refractivity contribution is 6.00. The number of nitrogens with one attached hydrogen (secondary N) is 5. The molecule has 7 heterocycles. The van der Waals surface area contributed by atoms with Crippen LogP contribution < -0.4 is 27.3 Å². The number of benzene rings is 4. The van der Waals surface area contributed by atoms with Crippen LogP contribution in [0, 0.1) is 0 Å². The fourth-order valence-electron chi connectivity index (χ4n) is 8.32. The van der Waals surface area contributed by atoms with E-state index in [1.54, 1.807) is 49.7 Å². The molecular weight excluding hydrogens is 1100 g/mol. The molecule has 15 N–H and O–H groups in total. The Morgan fingerprint density at radius 3 is 1.56 bits per heavy atom. The van der Waals surface area contributed by atoms with Crippen LogP contribution in [0.1, 0.15) is 70.9 Å². The van der Waals surface area contributed by atoms with E-state index in [4.69, 9.17) is 37.3 Å². The molecule has 0 aliphatic rings. The number of carboxylic acids is 3. The lowest BCUT2D eigenvalue weighted by Gasteiger charge is -2.07. The van der Waals surface area contributed by atoms with Crippen molar-refractivity contribution >= 4 is 73.3 Å². The van der Waals surface area contributed by atoms with Crippen LogP contribution >= 0.6 is 0 Å². The van der Waals surface area contributed by atoms with E-state index in [1.807, 2.05) is 48.9 Å². The minimum absolute atomic E-state index is 0.00224. The molecule has 4 aromatic carbocycles. The highest BCUT2D eigenvalue weighted by atomic mass is 16.5. The van der Waals surface area contributed by atoms with Crippen molar-refractivity contribution in [2.45, 2.75) is 32.6 Å². The lowest BCUT2D eigenvalue weighted by atomic mass is 10.1. The van der Waals surface area contributed by atoms with Crippen molar-refractivity contribution in [1.29, 1.82) is 0 Å². The molecule has 0 atom stereocenters. The van der Waals surface area contributed by atoms with Crippen LogP contribution in [0.5, 0.6) is 11.5 Å². The largest absolute Gasteiger partial charge is 0.508 e. The number of aromatic nitrogens is 7. The highest BCUT2D eigenvalue weighted by Crippen LogP contribution is 2.25. The van der Waals surface area contributed by atoms with E-state index in [2.05, 4.69) is 108 Å². The third kappa shape index (κ3) is 20.9. The summed E-state index contributed by atoms with van der Waals surface area (Å²) >= 11 is 0. The second-order valence-electron chi connectivity index (χ2n) is 19.0. The number of para-hydroxylation sites is 2. The summed E-state index contributed by atoms with van der Waals surface area (Å²) in [5.74, 6) is -2.92. The number of phenols is 1. The van der Waals surface area contributed by atoms with Gasteiger partial charge in [0.15, 0.2) is 5.69 Å². The van der Waals surface area contributed by atoms with Crippen molar-refractivity contribution in [3.63, 3.8) is 0 Å². The van der Waals surface area contributed by atoms with Gasteiger partial charge in [-0.05, 0) is 160 Å². The number of hydrogen-bond acceptors (Lipinski definition) is 13. The van der Waals surface area contributed by atoms with Gasteiger partial charge in [0.05, 0.1) is 18.2 Å². The maximum Gasteiger partial charge on any atom is 0.355 e. The molecule has 11 aromatic rings. The summed E-state index contributed by atoms with van der Waals surface area (Å²) in [7, 11) is 5.87. The molecule has 0 spiro atoms. The number of nitrogens with two attached hydrogens (primary N) is 3. The Kier molecular flexibility index (Phi) is 26.7. The Morgan fingerprint density at radius 1 is 0.570 bits per heavy atom. The Balaban J connectivity index is 0.000000185. The van der Waals surface area contributed by atoms with Crippen molar-refractivity contribution in [3.05, 3.63) is 222 Å². The number of hydrogen-bond donors (Lipinski definition) is 12. The number of nitrogens with zero attached hydrogens (tertiary/aromatic N) is 4. The number of carbonyl (C=O) groups is 5. The van der Waals surface area contributed by atoms with Crippen LogP contribution in [0.15, 0.2) is 177 Å². The molecule has 0 saturated carbocycles. The number of phenolic OH excluding ortho intramolecular Hbond substituents is 1. The predicted octanol–water partition coefficient (Wildman–Crippen LogP) is 8.61. The van der Waals surface area contributed by atoms with Gasteiger partial charge in [0.25, 0.3) is 0 Å². The molecule has 22 nitrogen and oxygen atoms in total. The van der Waals surface area contributed by atoms with Gasteiger partial charge in [-0.15, -0.1) is 0 Å². The second-order valence-corrected chi connectivity index (χ2v) is 19.0. The zero-order chi connectivity index (χ0) is 62.4. The fourth-order valence-corrected chi connectivity index (χ4v) is 8.32. The number of methoxy groups -OCH3 is 1. The number of aromatic carboxylic acids is 3. The van der Waals surface area contributed by atoms with Gasteiger partial charge in [-0.3, -0.25) is 14.6 Å². The fraction of sp³-hybridized carbons (Fsp3) is 0.188. The summed E-state index contributed by atoms with van der Waals surface area (Å²) < 4.78 is 5.21. The summed E-state index contributed by atoms with van der Waals surface area (Å²) in [6.07, 6.45) is 17.5. The van der Waals surface area contributed by atoms with Crippen LogP contribution in [0.2, 0.25) is 0 Å². The minimum Gasteiger partial charge on any atom is -0.508 e. The van der Waals surface area contributed by atoms with Gasteiger partial charge < -0.3 is 72.5 Å². The first-order valence-electron chi connectivity index (χ1n) is 27.0. The second kappa shape index (κ2) is 34.7. The third-order valence-electron chi connectivity index (χ3n) is 12.6. The standard InChI is InChI=1S/C13H16N2O2.C12H16N2.C10H12N2O.C10H12N2.C7H5NO4.C6H6N2O.C6H5NO2/c1-9(16)14-6-5-10-8-15-13-4-3-11(17-2)7-12(10)13;1-14(2)8-7-10-9-13-12-6-4-3-5-11(10)12;11-4-3-7-6-12-10-2-1-8(13)5-9(7)10;11-6-5-8-7-12-10-4-2-1-3-9(8)10;9-6(10)4-2-1-3-8-5(4)7(11)12;7-6(9)5-2-1-3-8-4-5;8-6(9)5-3-1-2-4-7-5/h3-4,7-8,15H,5-6H2,1-2H3,(H,14,16);3-6,9,13H,7-8H2,1-2H3;1-2,5-6,12-13H,3-4,11H2;1-4,7,12H,5-6,11H2;1-3H,(H,9,10)(H,11,12);1-4H,(H2,7,9);1-4H,(H,8,9). The molecule has 11 rings (SSSR count). The van der Waals surface area contributed by atoms with Crippen LogP contribution in [0.4, 0.5) is 0 Å². The van der Waals surface area contributed by atoms with E-state index in [0.717, 1.165) is 65.3 Å². The Hall–Kier alpha value is -10.7. The predicted molar refractivity (Wildman–Crippen MR) is 334 cm³/mol. The van der Waals surface area contributed by atoms with E-state index < -0.39 is 29.5 Å². The first-order chi connectivity index (χ1) is 41.4. The number of ether oxygens (including phenoxy) is 1. The molecule has 0 fully saturated rings. The van der Waals surface area contributed by atoms with Crippen molar-refractivity contribution in [2.75, 3.05) is 47.4 Å². The van der Waals surface area contributed by atoms with Gasteiger partial charge >= 0.3 is 17.9 Å². The quantitative estimate of drug-likeness (QED) is 0.0457. The average Bonchev–Trinajstić information content (AvgIpc) is 3.10. The Bertz CT molecular complexity index is 3810. The lowest BCUT2D eigenvalue weighted by molar-refractivity contribution is -0.118. The average molecular weight is 1170 g/mol. The van der Waals surface area contributed by atoms with E-state index in [9.17, 15) is 29.1 Å². The maximum atomic E-state index is 10.8. The molecular formula is C64H72N12O10. The van der Waals surface area contributed by atoms with Gasteiger partial charge in [0.1, 0.15) is 17.2 Å². The van der Waals surface area contributed by atoms with E-state index in [-0.39, 0.29) is 17.2 Å². The number of amides is 2. The zero-order valence-electron chi connectivity index (χ0n) is 48.2. The van der Waals surface area contributed by atoms with Crippen LogP contribution in [0.25, 0.3) is 43.6 Å². The smallest absolute Gasteiger partial charge is 0.355 e. The van der Waals surface area contributed by atoms with Crippen LogP contribution in [0.3, 0.4) is 0 Å². The van der Waals surface area contributed by atoms with E-state index >= 15 is 0 Å². The zero-order valence-corrected chi connectivity index (χ0v) is 48.2. The minimum atomic E-state index is -1.34. The number of pyridine rings is 3. The molecule has 7 aromatic heterocycles. The van der Waals surface area contributed by atoms with Gasteiger partial charge in [0.2, 0.25) is 11.8 Å². The third-order valence-corrected chi connectivity index (χ3v) is 12.6. The van der Waals surface area contributed by atoms with Gasteiger partial charge in [0, 0.05) is 113 Å². The molecule has 0 unspecified atom stereocenters. The highest BCUT2D eigenvalue weighted by Gasteiger charge is 2.16. The molecule has 0 saturated heterocycles. The van der Waals surface area contributed by atoms with E-state index in [1.165, 1.54) is 82.2 Å². The summed E-state index contributed by atoms with van der Waals surface area (Å²) in [5, 5.41) is 42.3. The summed E-state index contributed by atoms with van der Waals surface area (Å²) in [5.41, 5.74) is 25.3. The van der Waals surface area contributed by atoms with Crippen molar-refractivity contribution in [1.82, 2.24) is 45.1 Å². The topological polar surface area (TPSA) is 371 Å². The summed E-state index contributed by atoms with van der Waals surface area (Å²) in [6, 6.07) is 38.6. The van der Waals surface area contributed by atoms with Crippen molar-refractivity contribution < 1.29 is 49.1 Å². The number of H-pyrrole nitrogens is 4. The van der Waals surface area contributed by atoms with Crippen LogP contribution in [-0.2, 0) is 30.5 Å². The Labute approximate surface area is 496 Å². The Morgan fingerprint density at radius 2 is 1.09 bits per heavy atom. The van der Waals surface area contributed by atoms with Gasteiger partial charge in [-0.2, -0.15) is 0 Å². The number of aromatic amines is 4. The number of primary amides is 1. The molecule has 0 bridgehead atoms. The number of fused-ring (bicyclic) bond motifs is 4. The van der Waals surface area contributed by atoms with Crippen LogP contribution in [-0.4, -0.2) is 137 Å². The molecule has 22 heteroatoms. The molecule has 0 radical (unpaired) electrons.